The number of hydrogen-bond donors (Lipinski definition) is 1. The molecule has 0 aliphatic heterocycles. The zero-order valence-electron chi connectivity index (χ0n) is 9.43. The van der Waals surface area contributed by atoms with Gasteiger partial charge in [0.25, 0.3) is 0 Å². The molecule has 4 nitrogen and oxygen atoms in total. The number of hydrogen-bond acceptors (Lipinski definition) is 3. The first-order valence-corrected chi connectivity index (χ1v) is 5.90. The number of rotatable bonds is 3. The highest BCUT2D eigenvalue weighted by atomic mass is 15.3. The normalized spacial score (nSPS) is 18.6. The molecule has 1 unspecified atom stereocenters. The Hall–Kier alpha value is -1.42. The topological polar surface area (TPSA) is 42.2 Å². The van der Waals surface area contributed by atoms with Gasteiger partial charge in [-0.15, -0.1) is 10.2 Å². The summed E-state index contributed by atoms with van der Waals surface area (Å²) in [4.78, 5) is 0. The van der Waals surface area contributed by atoms with Crippen molar-refractivity contribution in [2.45, 2.75) is 38.3 Å². The Morgan fingerprint density at radius 2 is 2.25 bits per heavy atom. The smallest absolute Gasteiger partial charge is 0.160 e. The molecule has 1 saturated carbocycles. The first-order valence-electron chi connectivity index (χ1n) is 5.90. The molecule has 0 radical (unpaired) electrons. The summed E-state index contributed by atoms with van der Waals surface area (Å²) in [6.07, 6.45) is 5.96. The minimum absolute atomic E-state index is 0.266. The fourth-order valence-electron chi connectivity index (χ4n) is 2.16. The SMILES string of the molecule is CC(NC1CCC1)c1nnc2ccccn12. The number of nitrogens with zero attached hydrogens (tertiary/aromatic N) is 3. The molecule has 1 aliphatic carbocycles. The van der Waals surface area contributed by atoms with E-state index in [-0.39, 0.29) is 6.04 Å². The Balaban J connectivity index is 1.86. The molecule has 1 aliphatic rings. The van der Waals surface area contributed by atoms with Gasteiger partial charge in [-0.25, -0.2) is 0 Å². The fourth-order valence-corrected chi connectivity index (χ4v) is 2.16. The van der Waals surface area contributed by atoms with Gasteiger partial charge in [-0.2, -0.15) is 0 Å². The van der Waals surface area contributed by atoms with Crippen LogP contribution >= 0.6 is 0 Å². The van der Waals surface area contributed by atoms with E-state index in [0.717, 1.165) is 11.5 Å². The van der Waals surface area contributed by atoms with E-state index in [9.17, 15) is 0 Å². The van der Waals surface area contributed by atoms with E-state index in [2.05, 4.69) is 26.8 Å². The maximum absolute atomic E-state index is 4.26. The van der Waals surface area contributed by atoms with E-state index < -0.39 is 0 Å². The van der Waals surface area contributed by atoms with Crippen LogP contribution in [-0.4, -0.2) is 20.6 Å². The number of pyridine rings is 1. The predicted octanol–water partition coefficient (Wildman–Crippen LogP) is 1.93. The molecule has 84 valence electrons. The molecule has 1 N–H and O–H groups in total. The maximum Gasteiger partial charge on any atom is 0.160 e. The van der Waals surface area contributed by atoms with Gasteiger partial charge in [0.1, 0.15) is 0 Å². The molecule has 16 heavy (non-hydrogen) atoms. The van der Waals surface area contributed by atoms with Gasteiger partial charge in [0.2, 0.25) is 0 Å². The van der Waals surface area contributed by atoms with Crippen molar-refractivity contribution in [3.8, 4) is 0 Å². The lowest BCUT2D eigenvalue weighted by atomic mass is 9.92. The van der Waals surface area contributed by atoms with Crippen LogP contribution in [0.5, 0.6) is 0 Å². The summed E-state index contributed by atoms with van der Waals surface area (Å²) in [7, 11) is 0. The monoisotopic (exact) mass is 216 g/mol. The summed E-state index contributed by atoms with van der Waals surface area (Å²) >= 11 is 0. The predicted molar refractivity (Wildman–Crippen MR) is 62.2 cm³/mol. The van der Waals surface area contributed by atoms with E-state index >= 15 is 0 Å². The van der Waals surface area contributed by atoms with E-state index in [1.54, 1.807) is 0 Å². The summed E-state index contributed by atoms with van der Waals surface area (Å²) in [5, 5.41) is 12.0. The number of aromatic nitrogens is 3. The molecular formula is C12H16N4. The third kappa shape index (κ3) is 1.59. The molecule has 1 atom stereocenters. The molecule has 4 heteroatoms. The molecule has 0 spiro atoms. The average molecular weight is 216 g/mol. The van der Waals surface area contributed by atoms with Crippen molar-refractivity contribution in [2.75, 3.05) is 0 Å². The highest BCUT2D eigenvalue weighted by Crippen LogP contribution is 2.22. The third-order valence-electron chi connectivity index (χ3n) is 3.32. The summed E-state index contributed by atoms with van der Waals surface area (Å²) in [6.45, 7) is 2.15. The Morgan fingerprint density at radius 3 is 3.00 bits per heavy atom. The summed E-state index contributed by atoms with van der Waals surface area (Å²) in [5.74, 6) is 1.00. The second-order valence-corrected chi connectivity index (χ2v) is 4.50. The number of nitrogens with one attached hydrogen (secondary N) is 1. The number of fused-ring (bicyclic) bond motifs is 1. The highest BCUT2D eigenvalue weighted by molar-refractivity contribution is 5.37. The Labute approximate surface area is 94.7 Å². The van der Waals surface area contributed by atoms with E-state index in [1.165, 1.54) is 19.3 Å². The van der Waals surface area contributed by atoms with Gasteiger partial charge in [-0.1, -0.05) is 12.5 Å². The van der Waals surface area contributed by atoms with Crippen LogP contribution in [0, 0.1) is 0 Å². The van der Waals surface area contributed by atoms with Gasteiger partial charge in [-0.05, 0) is 31.9 Å². The molecule has 0 amide bonds. The Kier molecular flexibility index (Phi) is 2.36. The van der Waals surface area contributed by atoms with Crippen molar-refractivity contribution in [2.24, 2.45) is 0 Å². The van der Waals surface area contributed by atoms with Crippen LogP contribution in [0.25, 0.3) is 5.65 Å². The molecule has 0 bridgehead atoms. The van der Waals surface area contributed by atoms with Crippen LogP contribution < -0.4 is 5.32 Å². The lowest BCUT2D eigenvalue weighted by molar-refractivity contribution is 0.308. The molecule has 0 saturated heterocycles. The van der Waals surface area contributed by atoms with Crippen LogP contribution in [0.1, 0.15) is 38.1 Å². The third-order valence-corrected chi connectivity index (χ3v) is 3.32. The largest absolute Gasteiger partial charge is 0.305 e. The van der Waals surface area contributed by atoms with E-state index in [4.69, 9.17) is 0 Å². The molecule has 2 aromatic heterocycles. The summed E-state index contributed by atoms with van der Waals surface area (Å²) < 4.78 is 2.05. The molecule has 2 aromatic rings. The highest BCUT2D eigenvalue weighted by Gasteiger charge is 2.21. The standard InChI is InChI=1S/C12H16N4/c1-9(13-10-5-4-6-10)12-15-14-11-7-2-3-8-16(11)12/h2-3,7-10,13H,4-6H2,1H3. The quantitative estimate of drug-likeness (QED) is 0.852. The lowest BCUT2D eigenvalue weighted by Crippen LogP contribution is -2.37. The van der Waals surface area contributed by atoms with E-state index in [0.29, 0.717) is 6.04 Å². The van der Waals surface area contributed by atoms with Gasteiger partial charge in [0, 0.05) is 12.2 Å². The fraction of sp³-hybridized carbons (Fsp3) is 0.500. The van der Waals surface area contributed by atoms with E-state index in [1.807, 2.05) is 24.4 Å². The minimum Gasteiger partial charge on any atom is -0.305 e. The van der Waals surface area contributed by atoms with Crippen molar-refractivity contribution < 1.29 is 0 Å². The zero-order chi connectivity index (χ0) is 11.0. The summed E-state index contributed by atoms with van der Waals surface area (Å²) in [5.41, 5.74) is 0.916. The van der Waals surface area contributed by atoms with Crippen LogP contribution in [0.4, 0.5) is 0 Å². The van der Waals surface area contributed by atoms with Crippen LogP contribution in [0.15, 0.2) is 24.4 Å². The van der Waals surface area contributed by atoms with Crippen LogP contribution in [0.2, 0.25) is 0 Å². The van der Waals surface area contributed by atoms with Crippen LogP contribution in [0.3, 0.4) is 0 Å². The Morgan fingerprint density at radius 1 is 1.38 bits per heavy atom. The maximum atomic E-state index is 4.26. The first-order chi connectivity index (χ1) is 7.84. The second kappa shape index (κ2) is 3.87. The van der Waals surface area contributed by atoms with Gasteiger partial charge in [0.15, 0.2) is 11.5 Å². The van der Waals surface area contributed by atoms with Crippen molar-refractivity contribution in [1.82, 2.24) is 19.9 Å². The zero-order valence-corrected chi connectivity index (χ0v) is 9.43. The van der Waals surface area contributed by atoms with Crippen molar-refractivity contribution in [3.05, 3.63) is 30.2 Å². The first kappa shape index (κ1) is 9.78. The molecule has 1 fully saturated rings. The second-order valence-electron chi connectivity index (χ2n) is 4.50. The summed E-state index contributed by atoms with van der Waals surface area (Å²) in [6, 6.07) is 6.91. The lowest BCUT2D eigenvalue weighted by Gasteiger charge is -2.29. The van der Waals surface area contributed by atoms with Gasteiger partial charge < -0.3 is 5.32 Å². The van der Waals surface area contributed by atoms with Crippen LogP contribution in [-0.2, 0) is 0 Å². The molecule has 3 rings (SSSR count). The van der Waals surface area contributed by atoms with Gasteiger partial charge in [-0.3, -0.25) is 4.40 Å². The van der Waals surface area contributed by atoms with Crippen molar-refractivity contribution >= 4 is 5.65 Å². The average Bonchev–Trinajstić information content (AvgIpc) is 2.67. The van der Waals surface area contributed by atoms with Gasteiger partial charge in [0.05, 0.1) is 6.04 Å². The van der Waals surface area contributed by atoms with Gasteiger partial charge >= 0.3 is 0 Å². The molecule has 2 heterocycles. The van der Waals surface area contributed by atoms with Crippen molar-refractivity contribution in [1.29, 1.82) is 0 Å². The van der Waals surface area contributed by atoms with Crippen molar-refractivity contribution in [3.63, 3.8) is 0 Å². The molecular weight excluding hydrogens is 200 g/mol. The molecule has 0 aromatic carbocycles. The Bertz CT molecular complexity index is 486. The minimum atomic E-state index is 0.266.